The van der Waals surface area contributed by atoms with Crippen LogP contribution in [0.3, 0.4) is 0 Å². The minimum atomic E-state index is -0.459. The SMILES string of the molecule is CC(C)N(CC(N)=O)CC(=O)Nc1ccccc1Cl. The van der Waals surface area contributed by atoms with Crippen LogP contribution in [0.5, 0.6) is 0 Å². The second-order valence-electron chi connectivity index (χ2n) is 4.49. The number of nitrogens with zero attached hydrogens (tertiary/aromatic N) is 1. The number of halogens is 1. The highest BCUT2D eigenvalue weighted by Crippen LogP contribution is 2.20. The normalized spacial score (nSPS) is 10.8. The Morgan fingerprint density at radius 2 is 1.95 bits per heavy atom. The van der Waals surface area contributed by atoms with Crippen molar-refractivity contribution >= 4 is 29.1 Å². The lowest BCUT2D eigenvalue weighted by atomic mass is 10.3. The molecule has 6 heteroatoms. The molecule has 0 aliphatic rings. The van der Waals surface area contributed by atoms with Crippen LogP contribution >= 0.6 is 11.6 Å². The molecule has 0 aliphatic heterocycles. The molecular weight excluding hydrogens is 266 g/mol. The Morgan fingerprint density at radius 1 is 1.32 bits per heavy atom. The topological polar surface area (TPSA) is 75.4 Å². The third-order valence-corrected chi connectivity index (χ3v) is 2.91. The van der Waals surface area contributed by atoms with Gasteiger partial charge in [-0.25, -0.2) is 0 Å². The summed E-state index contributed by atoms with van der Waals surface area (Å²) in [6, 6.07) is 7.02. The minimum Gasteiger partial charge on any atom is -0.369 e. The molecule has 0 spiro atoms. The highest BCUT2D eigenvalue weighted by molar-refractivity contribution is 6.33. The van der Waals surface area contributed by atoms with Gasteiger partial charge in [0.05, 0.1) is 23.8 Å². The van der Waals surface area contributed by atoms with Gasteiger partial charge in [-0.3, -0.25) is 14.5 Å². The van der Waals surface area contributed by atoms with Gasteiger partial charge in [0.1, 0.15) is 0 Å². The quantitative estimate of drug-likeness (QED) is 0.830. The lowest BCUT2D eigenvalue weighted by Gasteiger charge is -2.24. The monoisotopic (exact) mass is 283 g/mol. The highest BCUT2D eigenvalue weighted by Gasteiger charge is 2.16. The first kappa shape index (κ1) is 15.5. The Labute approximate surface area is 117 Å². The van der Waals surface area contributed by atoms with E-state index >= 15 is 0 Å². The van der Waals surface area contributed by atoms with Gasteiger partial charge in [0.25, 0.3) is 0 Å². The third-order valence-electron chi connectivity index (χ3n) is 2.58. The van der Waals surface area contributed by atoms with Crippen molar-refractivity contribution in [3.63, 3.8) is 0 Å². The fraction of sp³-hybridized carbons (Fsp3) is 0.385. The van der Waals surface area contributed by atoms with E-state index in [1.165, 1.54) is 0 Å². The second kappa shape index (κ2) is 7.11. The first-order valence-corrected chi connectivity index (χ1v) is 6.34. The number of hydrogen-bond donors (Lipinski definition) is 2. The van der Waals surface area contributed by atoms with Crippen LogP contribution in [0, 0.1) is 0 Å². The van der Waals surface area contributed by atoms with E-state index in [0.717, 1.165) is 0 Å². The summed E-state index contributed by atoms with van der Waals surface area (Å²) >= 11 is 5.95. The number of carbonyl (C=O) groups excluding carboxylic acids is 2. The van der Waals surface area contributed by atoms with Crippen LogP contribution in [0.4, 0.5) is 5.69 Å². The number of carbonyl (C=O) groups is 2. The van der Waals surface area contributed by atoms with E-state index in [1.54, 1.807) is 29.2 Å². The minimum absolute atomic E-state index is 0.0458. The maximum absolute atomic E-state index is 11.9. The van der Waals surface area contributed by atoms with E-state index in [4.69, 9.17) is 17.3 Å². The molecule has 19 heavy (non-hydrogen) atoms. The standard InChI is InChI=1S/C13H18ClN3O2/c1-9(2)17(7-12(15)18)8-13(19)16-11-6-4-3-5-10(11)14/h3-6,9H,7-8H2,1-2H3,(H2,15,18)(H,16,19). The number of amides is 2. The molecule has 0 heterocycles. The summed E-state index contributed by atoms with van der Waals surface area (Å²) in [5.41, 5.74) is 5.70. The van der Waals surface area contributed by atoms with Gasteiger partial charge < -0.3 is 11.1 Å². The first-order valence-electron chi connectivity index (χ1n) is 5.97. The number of primary amides is 1. The maximum atomic E-state index is 11.9. The molecule has 0 saturated carbocycles. The molecule has 1 aromatic carbocycles. The van der Waals surface area contributed by atoms with E-state index < -0.39 is 5.91 Å². The number of nitrogens with two attached hydrogens (primary N) is 1. The molecule has 0 atom stereocenters. The molecule has 0 saturated heterocycles. The predicted molar refractivity (Wildman–Crippen MR) is 76.0 cm³/mol. The van der Waals surface area contributed by atoms with Gasteiger partial charge in [-0.05, 0) is 26.0 Å². The van der Waals surface area contributed by atoms with Gasteiger partial charge in [0.15, 0.2) is 0 Å². The summed E-state index contributed by atoms with van der Waals surface area (Å²) in [5, 5.41) is 3.18. The summed E-state index contributed by atoms with van der Waals surface area (Å²) in [5.74, 6) is -0.692. The molecule has 5 nitrogen and oxygen atoms in total. The van der Waals surface area contributed by atoms with E-state index in [1.807, 2.05) is 13.8 Å². The zero-order valence-electron chi connectivity index (χ0n) is 11.0. The lowest BCUT2D eigenvalue weighted by Crippen LogP contribution is -2.43. The molecule has 3 N–H and O–H groups in total. The number of hydrogen-bond acceptors (Lipinski definition) is 3. The average Bonchev–Trinajstić information content (AvgIpc) is 2.30. The van der Waals surface area contributed by atoms with E-state index in [-0.39, 0.29) is 25.0 Å². The molecule has 1 rings (SSSR count). The highest BCUT2D eigenvalue weighted by atomic mass is 35.5. The summed E-state index contributed by atoms with van der Waals surface area (Å²) < 4.78 is 0. The summed E-state index contributed by atoms with van der Waals surface area (Å²) in [6.45, 7) is 3.93. The summed E-state index contributed by atoms with van der Waals surface area (Å²) in [7, 11) is 0. The van der Waals surface area contributed by atoms with E-state index in [9.17, 15) is 9.59 Å². The average molecular weight is 284 g/mol. The third kappa shape index (κ3) is 5.28. The second-order valence-corrected chi connectivity index (χ2v) is 4.90. The van der Waals surface area contributed by atoms with Gasteiger partial charge in [0, 0.05) is 6.04 Å². The van der Waals surface area contributed by atoms with Gasteiger partial charge in [-0.1, -0.05) is 23.7 Å². The molecule has 0 aliphatic carbocycles. The van der Waals surface area contributed by atoms with Crippen LogP contribution in [0.15, 0.2) is 24.3 Å². The van der Waals surface area contributed by atoms with Crippen molar-refractivity contribution < 1.29 is 9.59 Å². The van der Waals surface area contributed by atoms with Crippen LogP contribution < -0.4 is 11.1 Å². The molecule has 0 bridgehead atoms. The van der Waals surface area contributed by atoms with Gasteiger partial charge >= 0.3 is 0 Å². The molecule has 0 aromatic heterocycles. The Morgan fingerprint density at radius 3 is 2.47 bits per heavy atom. The molecule has 2 amide bonds. The van der Waals surface area contributed by atoms with Crippen molar-refractivity contribution in [1.82, 2.24) is 4.90 Å². The zero-order chi connectivity index (χ0) is 14.4. The lowest BCUT2D eigenvalue weighted by molar-refractivity contribution is -0.121. The van der Waals surface area contributed by atoms with Crippen LogP contribution in [0.1, 0.15) is 13.8 Å². The molecule has 0 radical (unpaired) electrons. The first-order chi connectivity index (χ1) is 8.90. The van der Waals surface area contributed by atoms with Crippen LogP contribution in [0.2, 0.25) is 5.02 Å². The fourth-order valence-electron chi connectivity index (χ4n) is 1.56. The molecule has 0 unspecified atom stereocenters. The number of anilines is 1. The molecule has 0 fully saturated rings. The number of nitrogens with one attached hydrogen (secondary N) is 1. The van der Waals surface area contributed by atoms with Crippen molar-refractivity contribution in [2.75, 3.05) is 18.4 Å². The van der Waals surface area contributed by atoms with Crippen LogP contribution in [-0.4, -0.2) is 35.8 Å². The van der Waals surface area contributed by atoms with Gasteiger partial charge in [-0.15, -0.1) is 0 Å². The van der Waals surface area contributed by atoms with Gasteiger partial charge in [-0.2, -0.15) is 0 Å². The summed E-state index contributed by atoms with van der Waals surface area (Å²) in [6.07, 6.45) is 0. The maximum Gasteiger partial charge on any atom is 0.238 e. The zero-order valence-corrected chi connectivity index (χ0v) is 11.8. The Kier molecular flexibility index (Phi) is 5.79. The van der Waals surface area contributed by atoms with Crippen molar-refractivity contribution in [3.8, 4) is 0 Å². The van der Waals surface area contributed by atoms with Gasteiger partial charge in [0.2, 0.25) is 11.8 Å². The molecule has 104 valence electrons. The van der Waals surface area contributed by atoms with Crippen LogP contribution in [-0.2, 0) is 9.59 Å². The number of rotatable bonds is 6. The van der Waals surface area contributed by atoms with E-state index in [0.29, 0.717) is 10.7 Å². The Bertz CT molecular complexity index is 463. The fourth-order valence-corrected chi connectivity index (χ4v) is 1.74. The number of para-hydroxylation sites is 1. The van der Waals surface area contributed by atoms with Crippen molar-refractivity contribution in [1.29, 1.82) is 0 Å². The van der Waals surface area contributed by atoms with Crippen molar-refractivity contribution in [3.05, 3.63) is 29.3 Å². The Hall–Kier alpha value is -1.59. The largest absolute Gasteiger partial charge is 0.369 e. The molecular formula is C13H18ClN3O2. The Balaban J connectivity index is 2.63. The van der Waals surface area contributed by atoms with E-state index in [2.05, 4.69) is 5.32 Å². The molecule has 1 aromatic rings. The van der Waals surface area contributed by atoms with Crippen molar-refractivity contribution in [2.45, 2.75) is 19.9 Å². The summed E-state index contributed by atoms with van der Waals surface area (Å²) in [4.78, 5) is 24.5. The van der Waals surface area contributed by atoms with Crippen molar-refractivity contribution in [2.24, 2.45) is 5.73 Å². The smallest absolute Gasteiger partial charge is 0.238 e. The number of benzene rings is 1. The van der Waals surface area contributed by atoms with Crippen LogP contribution in [0.25, 0.3) is 0 Å². The predicted octanol–water partition coefficient (Wildman–Crippen LogP) is 1.47.